The maximum Gasteiger partial charge on any atom is 0.344 e. The van der Waals surface area contributed by atoms with E-state index < -0.39 is 30.0 Å². The Morgan fingerprint density at radius 3 is 2.59 bits per heavy atom. The quantitative estimate of drug-likeness (QED) is 0.356. The molecule has 0 saturated heterocycles. The molecule has 0 spiro atoms. The molecule has 0 aliphatic heterocycles. The van der Waals surface area contributed by atoms with Crippen LogP contribution < -0.4 is 10.1 Å². The number of nitro benzene ring substituents is 1. The molecule has 1 amide bonds. The van der Waals surface area contributed by atoms with Crippen LogP contribution in [-0.4, -0.2) is 30.0 Å². The average Bonchev–Trinajstić information content (AvgIpc) is 2.70. The summed E-state index contributed by atoms with van der Waals surface area (Å²) in [6.07, 6.45) is 0. The highest BCUT2D eigenvalue weighted by Crippen LogP contribution is 2.27. The van der Waals surface area contributed by atoms with Crippen molar-refractivity contribution in [3.63, 3.8) is 0 Å². The third-order valence-corrected chi connectivity index (χ3v) is 4.12. The van der Waals surface area contributed by atoms with E-state index in [0.717, 1.165) is 10.8 Å². The largest absolute Gasteiger partial charge is 0.481 e. The second-order valence-electron chi connectivity index (χ2n) is 5.89. The minimum absolute atomic E-state index is 0.0874. The summed E-state index contributed by atoms with van der Waals surface area (Å²) >= 11 is 5.80. The molecule has 148 valence electrons. The molecule has 0 aromatic heterocycles. The maximum absolute atomic E-state index is 12.0. The van der Waals surface area contributed by atoms with Crippen LogP contribution in [0.25, 0.3) is 10.8 Å². The highest BCUT2D eigenvalue weighted by Gasteiger charge is 2.17. The number of halogens is 1. The molecular formula is C20H15ClN2O6. The number of ether oxygens (including phenoxy) is 2. The van der Waals surface area contributed by atoms with E-state index in [1.807, 2.05) is 30.3 Å². The van der Waals surface area contributed by atoms with Crippen molar-refractivity contribution in [3.05, 3.63) is 75.8 Å². The molecule has 0 atom stereocenters. The van der Waals surface area contributed by atoms with Crippen LogP contribution in [-0.2, 0) is 14.3 Å². The molecule has 0 aliphatic rings. The van der Waals surface area contributed by atoms with Crippen molar-refractivity contribution in [2.45, 2.75) is 0 Å². The zero-order valence-corrected chi connectivity index (χ0v) is 15.7. The van der Waals surface area contributed by atoms with E-state index in [9.17, 15) is 19.7 Å². The van der Waals surface area contributed by atoms with Crippen molar-refractivity contribution in [3.8, 4) is 5.75 Å². The van der Waals surface area contributed by atoms with Crippen molar-refractivity contribution in [2.75, 3.05) is 18.5 Å². The molecule has 0 bridgehead atoms. The van der Waals surface area contributed by atoms with Crippen molar-refractivity contribution in [1.29, 1.82) is 0 Å². The van der Waals surface area contributed by atoms with Crippen LogP contribution in [0, 0.1) is 10.1 Å². The van der Waals surface area contributed by atoms with Gasteiger partial charge in [-0.3, -0.25) is 14.9 Å². The number of nitrogens with zero attached hydrogens (tertiary/aromatic N) is 1. The zero-order chi connectivity index (χ0) is 20.8. The number of esters is 1. The number of nitrogens with one attached hydrogen (secondary N) is 1. The van der Waals surface area contributed by atoms with Crippen molar-refractivity contribution in [2.24, 2.45) is 0 Å². The van der Waals surface area contributed by atoms with E-state index in [1.54, 1.807) is 12.1 Å². The first kappa shape index (κ1) is 20.1. The number of hydrogen-bond donors (Lipinski definition) is 1. The lowest BCUT2D eigenvalue weighted by Gasteiger charge is -2.10. The molecule has 1 N–H and O–H groups in total. The first-order valence-electron chi connectivity index (χ1n) is 8.44. The average molecular weight is 415 g/mol. The summed E-state index contributed by atoms with van der Waals surface area (Å²) in [4.78, 5) is 34.2. The second kappa shape index (κ2) is 9.03. The standard InChI is InChI=1S/C20H15ClN2O6/c21-14-8-9-17(23(26)27)16(10-14)22-19(24)11-29-20(25)12-28-18-7-3-5-13-4-1-2-6-15(13)18/h1-10H,11-12H2,(H,22,24). The molecule has 3 rings (SSSR count). The van der Waals surface area contributed by atoms with Crippen LogP contribution in [0.4, 0.5) is 11.4 Å². The Kier molecular flexibility index (Phi) is 6.25. The number of fused-ring (bicyclic) bond motifs is 1. The van der Waals surface area contributed by atoms with Gasteiger partial charge in [-0.15, -0.1) is 0 Å². The number of amides is 1. The minimum atomic E-state index is -0.756. The summed E-state index contributed by atoms with van der Waals surface area (Å²) in [6, 6.07) is 16.7. The van der Waals surface area contributed by atoms with Gasteiger partial charge < -0.3 is 14.8 Å². The van der Waals surface area contributed by atoms with E-state index in [2.05, 4.69) is 5.32 Å². The lowest BCUT2D eigenvalue weighted by molar-refractivity contribution is -0.383. The predicted molar refractivity (Wildman–Crippen MR) is 107 cm³/mol. The van der Waals surface area contributed by atoms with Gasteiger partial charge in [0.05, 0.1) is 4.92 Å². The van der Waals surface area contributed by atoms with Gasteiger partial charge in [-0.1, -0.05) is 48.0 Å². The van der Waals surface area contributed by atoms with Crippen LogP contribution in [0.2, 0.25) is 5.02 Å². The summed E-state index contributed by atoms with van der Waals surface area (Å²) in [5, 5.41) is 15.3. The number of hydrogen-bond acceptors (Lipinski definition) is 6. The van der Waals surface area contributed by atoms with Gasteiger partial charge in [0.25, 0.3) is 11.6 Å². The predicted octanol–water partition coefficient (Wildman–Crippen LogP) is 3.96. The SMILES string of the molecule is O=C(COC(=O)COc1cccc2ccccc12)Nc1cc(Cl)ccc1[N+](=O)[O-]. The normalized spacial score (nSPS) is 10.4. The summed E-state index contributed by atoms with van der Waals surface area (Å²) in [5.41, 5.74) is -0.413. The third-order valence-electron chi connectivity index (χ3n) is 3.89. The van der Waals surface area contributed by atoms with Gasteiger partial charge in [-0.05, 0) is 23.6 Å². The van der Waals surface area contributed by atoms with Crippen LogP contribution >= 0.6 is 11.6 Å². The molecular weight excluding hydrogens is 400 g/mol. The number of carbonyl (C=O) groups is 2. The molecule has 9 heteroatoms. The molecule has 0 radical (unpaired) electrons. The van der Waals surface area contributed by atoms with Gasteiger partial charge >= 0.3 is 5.97 Å². The zero-order valence-electron chi connectivity index (χ0n) is 15.0. The molecule has 0 saturated carbocycles. The number of benzene rings is 3. The topological polar surface area (TPSA) is 108 Å². The molecule has 0 unspecified atom stereocenters. The molecule has 29 heavy (non-hydrogen) atoms. The van der Waals surface area contributed by atoms with E-state index in [1.165, 1.54) is 18.2 Å². The van der Waals surface area contributed by atoms with E-state index >= 15 is 0 Å². The summed E-state index contributed by atoms with van der Waals surface area (Å²) < 4.78 is 10.3. The highest BCUT2D eigenvalue weighted by molar-refractivity contribution is 6.31. The lowest BCUT2D eigenvalue weighted by Crippen LogP contribution is -2.24. The minimum Gasteiger partial charge on any atom is -0.481 e. The van der Waals surface area contributed by atoms with Gasteiger partial charge in [0.15, 0.2) is 13.2 Å². The fraction of sp³-hybridized carbons (Fsp3) is 0.100. The molecule has 8 nitrogen and oxygen atoms in total. The van der Waals surface area contributed by atoms with Gasteiger partial charge in [0.2, 0.25) is 0 Å². The first-order valence-corrected chi connectivity index (χ1v) is 8.82. The van der Waals surface area contributed by atoms with Crippen molar-refractivity contribution in [1.82, 2.24) is 0 Å². The number of carbonyl (C=O) groups excluding carboxylic acids is 2. The van der Waals surface area contributed by atoms with E-state index in [4.69, 9.17) is 21.1 Å². The maximum atomic E-state index is 12.0. The summed E-state index contributed by atoms with van der Waals surface area (Å²) in [5.74, 6) is -0.985. The van der Waals surface area contributed by atoms with Gasteiger partial charge in [-0.25, -0.2) is 4.79 Å². The fourth-order valence-corrected chi connectivity index (χ4v) is 2.77. The van der Waals surface area contributed by atoms with Crippen molar-refractivity contribution >= 4 is 45.6 Å². The Bertz CT molecular complexity index is 1080. The second-order valence-corrected chi connectivity index (χ2v) is 6.33. The highest BCUT2D eigenvalue weighted by atomic mass is 35.5. The number of rotatable bonds is 7. The molecule has 0 fully saturated rings. The Morgan fingerprint density at radius 1 is 1.03 bits per heavy atom. The van der Waals surface area contributed by atoms with Gasteiger partial charge in [-0.2, -0.15) is 0 Å². The summed E-state index contributed by atoms with van der Waals surface area (Å²) in [6.45, 7) is -1.01. The molecule has 3 aromatic rings. The summed E-state index contributed by atoms with van der Waals surface area (Å²) in [7, 11) is 0. The Hall–Kier alpha value is -3.65. The third kappa shape index (κ3) is 5.20. The Labute approximate surface area is 170 Å². The van der Waals surface area contributed by atoms with Crippen LogP contribution in [0.1, 0.15) is 0 Å². The lowest BCUT2D eigenvalue weighted by atomic mass is 10.1. The molecule has 3 aromatic carbocycles. The van der Waals surface area contributed by atoms with Crippen LogP contribution in [0.3, 0.4) is 0 Å². The van der Waals surface area contributed by atoms with Crippen LogP contribution in [0.15, 0.2) is 60.7 Å². The monoisotopic (exact) mass is 414 g/mol. The van der Waals surface area contributed by atoms with E-state index in [-0.39, 0.29) is 16.4 Å². The number of nitro groups is 1. The fourth-order valence-electron chi connectivity index (χ4n) is 2.60. The first-order chi connectivity index (χ1) is 13.9. The Morgan fingerprint density at radius 2 is 1.79 bits per heavy atom. The van der Waals surface area contributed by atoms with Crippen molar-refractivity contribution < 1.29 is 24.0 Å². The number of anilines is 1. The Balaban J connectivity index is 1.54. The molecule has 0 heterocycles. The van der Waals surface area contributed by atoms with E-state index in [0.29, 0.717) is 5.75 Å². The van der Waals surface area contributed by atoms with Gasteiger partial charge in [0.1, 0.15) is 11.4 Å². The smallest absolute Gasteiger partial charge is 0.344 e. The van der Waals surface area contributed by atoms with Gasteiger partial charge in [0, 0.05) is 16.5 Å². The van der Waals surface area contributed by atoms with Crippen LogP contribution in [0.5, 0.6) is 5.75 Å². The molecule has 0 aliphatic carbocycles.